The smallest absolute Gasteiger partial charge is 0.341 e. The molecule has 0 radical (unpaired) electrons. The van der Waals surface area contributed by atoms with E-state index >= 15 is 0 Å². The topological polar surface area (TPSA) is 59.3 Å². The Morgan fingerprint density at radius 3 is 2.58 bits per heavy atom. The number of hydrogen-bond donors (Lipinski definition) is 1. The Balaban J connectivity index is 2.38. The maximum absolute atomic E-state index is 13.0. The van der Waals surface area contributed by atoms with Gasteiger partial charge in [-0.2, -0.15) is 0 Å². The van der Waals surface area contributed by atoms with Crippen LogP contribution in [0.25, 0.3) is 0 Å². The van der Waals surface area contributed by atoms with E-state index < -0.39 is 23.2 Å². The minimum absolute atomic E-state index is 0.0306. The fraction of sp³-hybridized carbons (Fsp3) is 0.0769. The van der Waals surface area contributed by atoms with Gasteiger partial charge in [0.2, 0.25) is 0 Å². The van der Waals surface area contributed by atoms with E-state index in [9.17, 15) is 18.4 Å². The summed E-state index contributed by atoms with van der Waals surface area (Å²) in [7, 11) is 0. The van der Waals surface area contributed by atoms with Crippen molar-refractivity contribution in [2.24, 2.45) is 0 Å². The molecule has 0 unspecified atom stereocenters. The second kappa shape index (κ2) is 5.01. The average molecular weight is 265 g/mol. The zero-order chi connectivity index (χ0) is 14.0. The SMILES string of the molecule is O=C(O)c1cccn(Cc2ccc(F)c(F)c2)c1=O. The number of aromatic nitrogens is 1. The van der Waals surface area contributed by atoms with Crippen LogP contribution < -0.4 is 5.56 Å². The van der Waals surface area contributed by atoms with Crippen LogP contribution in [0, 0.1) is 11.6 Å². The van der Waals surface area contributed by atoms with Crippen LogP contribution in [0.4, 0.5) is 8.78 Å². The Kier molecular flexibility index (Phi) is 3.41. The zero-order valence-electron chi connectivity index (χ0n) is 9.64. The molecule has 0 fully saturated rings. The van der Waals surface area contributed by atoms with Crippen LogP contribution in [-0.2, 0) is 6.54 Å². The number of rotatable bonds is 3. The molecule has 1 N–H and O–H groups in total. The maximum atomic E-state index is 13.0. The number of pyridine rings is 1. The Morgan fingerprint density at radius 2 is 1.95 bits per heavy atom. The van der Waals surface area contributed by atoms with Gasteiger partial charge in [-0.05, 0) is 29.8 Å². The van der Waals surface area contributed by atoms with Crippen molar-refractivity contribution in [3.8, 4) is 0 Å². The quantitative estimate of drug-likeness (QED) is 0.921. The van der Waals surface area contributed by atoms with Crippen LogP contribution in [0.2, 0.25) is 0 Å². The van der Waals surface area contributed by atoms with Gasteiger partial charge in [-0.25, -0.2) is 13.6 Å². The van der Waals surface area contributed by atoms with E-state index in [1.54, 1.807) is 0 Å². The normalized spacial score (nSPS) is 10.4. The molecule has 98 valence electrons. The first-order chi connectivity index (χ1) is 8.99. The first-order valence-corrected chi connectivity index (χ1v) is 5.35. The van der Waals surface area contributed by atoms with Crippen LogP contribution in [-0.4, -0.2) is 15.6 Å². The molecule has 2 rings (SSSR count). The van der Waals surface area contributed by atoms with E-state index in [4.69, 9.17) is 5.11 Å². The summed E-state index contributed by atoms with van der Waals surface area (Å²) in [5.74, 6) is -3.32. The third-order valence-corrected chi connectivity index (χ3v) is 2.59. The van der Waals surface area contributed by atoms with Gasteiger partial charge in [0.05, 0.1) is 6.54 Å². The summed E-state index contributed by atoms with van der Waals surface area (Å²) in [6, 6.07) is 5.85. The third kappa shape index (κ3) is 2.67. The number of carboxylic acid groups (broad SMARTS) is 1. The number of aromatic carboxylic acids is 1. The highest BCUT2D eigenvalue weighted by molar-refractivity contribution is 5.86. The summed E-state index contributed by atoms with van der Waals surface area (Å²) in [5, 5.41) is 8.81. The third-order valence-electron chi connectivity index (χ3n) is 2.59. The summed E-state index contributed by atoms with van der Waals surface area (Å²) in [5.41, 5.74) is -0.701. The molecule has 1 aromatic heterocycles. The van der Waals surface area contributed by atoms with E-state index in [0.29, 0.717) is 5.56 Å². The molecule has 0 aliphatic rings. The van der Waals surface area contributed by atoms with Gasteiger partial charge in [-0.3, -0.25) is 4.79 Å². The maximum Gasteiger partial charge on any atom is 0.341 e. The van der Waals surface area contributed by atoms with Crippen molar-refractivity contribution in [1.29, 1.82) is 0 Å². The Hall–Kier alpha value is -2.50. The van der Waals surface area contributed by atoms with Crippen molar-refractivity contribution >= 4 is 5.97 Å². The van der Waals surface area contributed by atoms with E-state index in [0.717, 1.165) is 16.7 Å². The minimum atomic E-state index is -1.33. The van der Waals surface area contributed by atoms with Crippen molar-refractivity contribution in [3.63, 3.8) is 0 Å². The van der Waals surface area contributed by atoms with Crippen molar-refractivity contribution in [2.45, 2.75) is 6.54 Å². The van der Waals surface area contributed by atoms with E-state index in [1.165, 1.54) is 24.4 Å². The molecule has 0 spiro atoms. The highest BCUT2D eigenvalue weighted by atomic mass is 19.2. The van der Waals surface area contributed by atoms with Crippen molar-refractivity contribution in [2.75, 3.05) is 0 Å². The lowest BCUT2D eigenvalue weighted by Crippen LogP contribution is -2.26. The Labute approximate surface area is 106 Å². The molecule has 0 saturated carbocycles. The van der Waals surface area contributed by atoms with Crippen LogP contribution >= 0.6 is 0 Å². The lowest BCUT2D eigenvalue weighted by Gasteiger charge is -2.07. The first kappa shape index (κ1) is 12.9. The zero-order valence-corrected chi connectivity index (χ0v) is 9.64. The summed E-state index contributed by atoms with van der Waals surface area (Å²) in [4.78, 5) is 22.6. The first-order valence-electron chi connectivity index (χ1n) is 5.35. The van der Waals surface area contributed by atoms with Crippen LogP contribution in [0.5, 0.6) is 0 Å². The van der Waals surface area contributed by atoms with Crippen LogP contribution in [0.15, 0.2) is 41.3 Å². The van der Waals surface area contributed by atoms with Gasteiger partial charge < -0.3 is 9.67 Å². The summed E-state index contributed by atoms with van der Waals surface area (Å²) in [6.45, 7) is -0.0306. The lowest BCUT2D eigenvalue weighted by molar-refractivity contribution is 0.0694. The van der Waals surface area contributed by atoms with Crippen molar-refractivity contribution in [1.82, 2.24) is 4.57 Å². The summed E-state index contributed by atoms with van der Waals surface area (Å²) >= 11 is 0. The number of carboxylic acids is 1. The number of halogens is 2. The van der Waals surface area contributed by atoms with Gasteiger partial charge in [0.1, 0.15) is 5.56 Å². The molecule has 2 aromatic rings. The fourth-order valence-corrected chi connectivity index (χ4v) is 1.66. The average Bonchev–Trinajstić information content (AvgIpc) is 2.36. The number of benzene rings is 1. The molecule has 19 heavy (non-hydrogen) atoms. The molecule has 0 amide bonds. The molecular weight excluding hydrogens is 256 g/mol. The predicted octanol–water partition coefficient (Wildman–Crippen LogP) is 1.87. The molecule has 4 nitrogen and oxygen atoms in total. The second-order valence-electron chi connectivity index (χ2n) is 3.91. The molecule has 0 bridgehead atoms. The molecule has 0 aliphatic heterocycles. The van der Waals surface area contributed by atoms with Crippen LogP contribution in [0.3, 0.4) is 0 Å². The van der Waals surface area contributed by atoms with Gasteiger partial charge in [0.15, 0.2) is 11.6 Å². The lowest BCUT2D eigenvalue weighted by atomic mass is 10.2. The minimum Gasteiger partial charge on any atom is -0.477 e. The molecular formula is C13H9F2NO3. The van der Waals surface area contributed by atoms with E-state index in [2.05, 4.69) is 0 Å². The Bertz CT molecular complexity index is 695. The van der Waals surface area contributed by atoms with Crippen molar-refractivity contribution in [3.05, 3.63) is 69.6 Å². The number of carbonyl (C=O) groups is 1. The number of hydrogen-bond acceptors (Lipinski definition) is 2. The summed E-state index contributed by atoms with van der Waals surface area (Å²) < 4.78 is 26.9. The van der Waals surface area contributed by atoms with E-state index in [1.807, 2.05) is 0 Å². The second-order valence-corrected chi connectivity index (χ2v) is 3.91. The van der Waals surface area contributed by atoms with Gasteiger partial charge >= 0.3 is 5.97 Å². The highest BCUT2D eigenvalue weighted by Crippen LogP contribution is 2.09. The Morgan fingerprint density at radius 1 is 1.21 bits per heavy atom. The molecule has 1 aromatic carbocycles. The van der Waals surface area contributed by atoms with Crippen molar-refractivity contribution < 1.29 is 18.7 Å². The largest absolute Gasteiger partial charge is 0.477 e. The van der Waals surface area contributed by atoms with Crippen LogP contribution in [0.1, 0.15) is 15.9 Å². The molecule has 0 atom stereocenters. The van der Waals surface area contributed by atoms with Gasteiger partial charge in [0.25, 0.3) is 5.56 Å². The fourth-order valence-electron chi connectivity index (χ4n) is 1.66. The van der Waals surface area contributed by atoms with Gasteiger partial charge in [-0.15, -0.1) is 0 Å². The molecule has 6 heteroatoms. The standard InChI is InChI=1S/C13H9F2NO3/c14-10-4-3-8(6-11(10)15)7-16-5-1-2-9(12(16)17)13(18)19/h1-6H,7H2,(H,18,19). The number of nitrogens with zero attached hydrogens (tertiary/aromatic N) is 1. The van der Waals surface area contributed by atoms with E-state index in [-0.39, 0.29) is 12.1 Å². The molecule has 1 heterocycles. The summed E-state index contributed by atoms with van der Waals surface area (Å²) in [6.07, 6.45) is 1.38. The molecule has 0 saturated heterocycles. The van der Waals surface area contributed by atoms with Gasteiger partial charge in [0, 0.05) is 6.20 Å². The van der Waals surface area contributed by atoms with Gasteiger partial charge in [-0.1, -0.05) is 6.07 Å². The monoisotopic (exact) mass is 265 g/mol. The highest BCUT2D eigenvalue weighted by Gasteiger charge is 2.10. The predicted molar refractivity (Wildman–Crippen MR) is 63.1 cm³/mol. The molecule has 0 aliphatic carbocycles.